The van der Waals surface area contributed by atoms with Crippen LogP contribution >= 0.6 is 0 Å². The van der Waals surface area contributed by atoms with Crippen LogP contribution in [0.2, 0.25) is 0 Å². The van der Waals surface area contributed by atoms with Crippen molar-refractivity contribution < 1.29 is 9.59 Å². The molecule has 1 saturated heterocycles. The molecule has 25 heavy (non-hydrogen) atoms. The largest absolute Gasteiger partial charge is 0.343 e. The van der Waals surface area contributed by atoms with E-state index >= 15 is 0 Å². The lowest BCUT2D eigenvalue weighted by Crippen LogP contribution is -2.35. The summed E-state index contributed by atoms with van der Waals surface area (Å²) >= 11 is 0. The Balaban J connectivity index is 1.94. The fourth-order valence-electron chi connectivity index (χ4n) is 3.26. The van der Waals surface area contributed by atoms with E-state index in [1.165, 1.54) is 0 Å². The minimum atomic E-state index is -0.246. The van der Waals surface area contributed by atoms with E-state index in [2.05, 4.69) is 50.5 Å². The van der Waals surface area contributed by atoms with Crippen molar-refractivity contribution in [2.24, 2.45) is 0 Å². The Hall–Kier alpha value is -2.04. The Morgan fingerprint density at radius 3 is 2.12 bits per heavy atom. The summed E-state index contributed by atoms with van der Waals surface area (Å²) in [6, 6.07) is 5.92. The molecule has 1 aliphatic heterocycles. The average Bonchev–Trinajstić information content (AvgIpc) is 3.09. The van der Waals surface area contributed by atoms with Gasteiger partial charge in [0.25, 0.3) is 0 Å². The van der Waals surface area contributed by atoms with Gasteiger partial charge < -0.3 is 15.5 Å². The molecule has 5 heteroatoms. The highest BCUT2D eigenvalue weighted by Gasteiger charge is 2.18. The van der Waals surface area contributed by atoms with Crippen molar-refractivity contribution in [3.8, 4) is 0 Å². The maximum absolute atomic E-state index is 12.3. The second-order valence-corrected chi connectivity index (χ2v) is 7.34. The van der Waals surface area contributed by atoms with Gasteiger partial charge in [0.1, 0.15) is 0 Å². The van der Waals surface area contributed by atoms with Gasteiger partial charge in [-0.15, -0.1) is 0 Å². The number of hydrogen-bond acceptors (Lipinski definition) is 2. The van der Waals surface area contributed by atoms with Crippen LogP contribution in [0.5, 0.6) is 0 Å². The van der Waals surface area contributed by atoms with Crippen molar-refractivity contribution in [2.75, 3.05) is 25.0 Å². The minimum Gasteiger partial charge on any atom is -0.343 e. The minimum absolute atomic E-state index is 0.128. The summed E-state index contributed by atoms with van der Waals surface area (Å²) < 4.78 is 0. The first-order valence-corrected chi connectivity index (χ1v) is 9.35. The molecular formula is C20H31N3O2. The molecule has 0 atom stereocenters. The van der Waals surface area contributed by atoms with Crippen LogP contribution in [0, 0.1) is 0 Å². The zero-order chi connectivity index (χ0) is 18.4. The fourth-order valence-corrected chi connectivity index (χ4v) is 3.26. The van der Waals surface area contributed by atoms with Gasteiger partial charge in [0, 0.05) is 31.7 Å². The van der Waals surface area contributed by atoms with Crippen LogP contribution in [0.4, 0.5) is 10.5 Å². The monoisotopic (exact) mass is 345 g/mol. The molecule has 0 saturated carbocycles. The lowest BCUT2D eigenvalue weighted by Gasteiger charge is -2.20. The van der Waals surface area contributed by atoms with Crippen LogP contribution in [0.25, 0.3) is 0 Å². The molecule has 0 aromatic heterocycles. The first-order valence-electron chi connectivity index (χ1n) is 9.35. The Morgan fingerprint density at radius 1 is 1.04 bits per heavy atom. The SMILES string of the molecule is CC(C)c1cccc(C(C)C)c1NC(=O)NCCC(=O)N1CCCC1. The standard InChI is InChI=1S/C20H31N3O2/c1-14(2)16-8-7-9-17(15(3)4)19(16)22-20(25)21-11-10-18(24)23-12-5-6-13-23/h7-9,14-15H,5-6,10-13H2,1-4H3,(H2,21,22,25). The number of benzene rings is 1. The van der Waals surface area contributed by atoms with Crippen LogP contribution in [-0.4, -0.2) is 36.5 Å². The van der Waals surface area contributed by atoms with Gasteiger partial charge in [0.05, 0.1) is 0 Å². The van der Waals surface area contributed by atoms with E-state index in [0.29, 0.717) is 24.8 Å². The summed E-state index contributed by atoms with van der Waals surface area (Å²) in [5.41, 5.74) is 3.17. The van der Waals surface area contributed by atoms with Gasteiger partial charge in [-0.05, 0) is 35.8 Å². The number of anilines is 1. The first kappa shape index (κ1) is 19.3. The molecular weight excluding hydrogens is 314 g/mol. The van der Waals surface area contributed by atoms with Crippen molar-refractivity contribution in [3.05, 3.63) is 29.3 Å². The van der Waals surface area contributed by atoms with Gasteiger partial charge in [-0.1, -0.05) is 45.9 Å². The number of amides is 3. The summed E-state index contributed by atoms with van der Waals surface area (Å²) in [5.74, 6) is 0.778. The number of nitrogens with one attached hydrogen (secondary N) is 2. The molecule has 1 aromatic carbocycles. The molecule has 2 N–H and O–H groups in total. The number of likely N-dealkylation sites (tertiary alicyclic amines) is 1. The smallest absolute Gasteiger partial charge is 0.319 e. The van der Waals surface area contributed by atoms with Crippen LogP contribution in [-0.2, 0) is 4.79 Å². The van der Waals surface area contributed by atoms with E-state index in [1.807, 2.05) is 11.0 Å². The van der Waals surface area contributed by atoms with Crippen molar-refractivity contribution in [1.29, 1.82) is 0 Å². The first-order chi connectivity index (χ1) is 11.9. The third-order valence-electron chi connectivity index (χ3n) is 4.69. The highest BCUT2D eigenvalue weighted by Crippen LogP contribution is 2.32. The fraction of sp³-hybridized carbons (Fsp3) is 0.600. The van der Waals surface area contributed by atoms with Crippen molar-refractivity contribution in [2.45, 2.75) is 58.8 Å². The molecule has 1 fully saturated rings. The molecule has 1 aromatic rings. The molecule has 0 unspecified atom stereocenters. The van der Waals surface area contributed by atoms with Gasteiger partial charge >= 0.3 is 6.03 Å². The molecule has 5 nitrogen and oxygen atoms in total. The maximum Gasteiger partial charge on any atom is 0.319 e. The normalized spacial score (nSPS) is 14.2. The van der Waals surface area contributed by atoms with Crippen LogP contribution in [0.3, 0.4) is 0 Å². The zero-order valence-corrected chi connectivity index (χ0v) is 15.9. The van der Waals surface area contributed by atoms with Gasteiger partial charge in [-0.25, -0.2) is 4.79 Å². The molecule has 0 aliphatic carbocycles. The summed E-state index contributed by atoms with van der Waals surface area (Å²) in [6.45, 7) is 10.6. The van der Waals surface area contributed by atoms with Crippen molar-refractivity contribution in [3.63, 3.8) is 0 Å². The number of urea groups is 1. The van der Waals surface area contributed by atoms with E-state index in [0.717, 1.165) is 42.7 Å². The van der Waals surface area contributed by atoms with Gasteiger partial charge in [0.2, 0.25) is 5.91 Å². The topological polar surface area (TPSA) is 61.4 Å². The van der Waals surface area contributed by atoms with Crippen LogP contribution in [0.1, 0.15) is 69.9 Å². The second-order valence-electron chi connectivity index (χ2n) is 7.34. The van der Waals surface area contributed by atoms with Gasteiger partial charge in [-0.3, -0.25) is 4.79 Å². The number of hydrogen-bond donors (Lipinski definition) is 2. The van der Waals surface area contributed by atoms with E-state index in [-0.39, 0.29) is 11.9 Å². The lowest BCUT2D eigenvalue weighted by atomic mass is 9.93. The Morgan fingerprint density at radius 2 is 1.60 bits per heavy atom. The molecule has 1 heterocycles. The zero-order valence-electron chi connectivity index (χ0n) is 15.9. The molecule has 1 aliphatic rings. The number of rotatable bonds is 6. The molecule has 2 rings (SSSR count). The molecule has 0 radical (unpaired) electrons. The van der Waals surface area contributed by atoms with Crippen molar-refractivity contribution in [1.82, 2.24) is 10.2 Å². The third-order valence-corrected chi connectivity index (χ3v) is 4.69. The predicted molar refractivity (Wildman–Crippen MR) is 102 cm³/mol. The average molecular weight is 345 g/mol. The number of carbonyl (C=O) groups is 2. The van der Waals surface area contributed by atoms with Crippen molar-refractivity contribution >= 4 is 17.6 Å². The number of nitrogens with zero attached hydrogens (tertiary/aromatic N) is 1. The Kier molecular flexibility index (Phi) is 6.85. The Labute approximate surface area is 151 Å². The maximum atomic E-state index is 12.3. The van der Waals surface area contributed by atoms with E-state index in [1.54, 1.807) is 0 Å². The molecule has 0 bridgehead atoms. The predicted octanol–water partition coefficient (Wildman–Crippen LogP) is 4.07. The number of carbonyl (C=O) groups excluding carboxylic acids is 2. The lowest BCUT2D eigenvalue weighted by molar-refractivity contribution is -0.129. The second kappa shape index (κ2) is 8.88. The summed E-state index contributed by atoms with van der Waals surface area (Å²) in [7, 11) is 0. The van der Waals surface area contributed by atoms with Crippen LogP contribution < -0.4 is 10.6 Å². The highest BCUT2D eigenvalue weighted by molar-refractivity contribution is 5.91. The van der Waals surface area contributed by atoms with E-state index < -0.39 is 0 Å². The summed E-state index contributed by atoms with van der Waals surface area (Å²) in [6.07, 6.45) is 2.53. The highest BCUT2D eigenvalue weighted by atomic mass is 16.2. The third kappa shape index (κ3) is 5.21. The molecule has 0 spiro atoms. The number of para-hydroxylation sites is 1. The van der Waals surface area contributed by atoms with Gasteiger partial charge in [0.15, 0.2) is 0 Å². The van der Waals surface area contributed by atoms with Gasteiger partial charge in [-0.2, -0.15) is 0 Å². The summed E-state index contributed by atoms with van der Waals surface area (Å²) in [4.78, 5) is 26.2. The van der Waals surface area contributed by atoms with E-state index in [9.17, 15) is 9.59 Å². The van der Waals surface area contributed by atoms with Crippen LogP contribution in [0.15, 0.2) is 18.2 Å². The quantitative estimate of drug-likeness (QED) is 0.816. The summed E-state index contributed by atoms with van der Waals surface area (Å²) in [5, 5.41) is 5.83. The Bertz CT molecular complexity index is 579. The van der Waals surface area contributed by atoms with E-state index in [4.69, 9.17) is 0 Å². The molecule has 3 amide bonds. The molecule has 138 valence electrons.